The first-order valence-corrected chi connectivity index (χ1v) is 9.61. The molecule has 0 radical (unpaired) electrons. The Labute approximate surface area is 181 Å². The average molecular weight is 430 g/mol. The van der Waals surface area contributed by atoms with E-state index in [4.69, 9.17) is 9.47 Å². The zero-order chi connectivity index (χ0) is 20.1. The summed E-state index contributed by atoms with van der Waals surface area (Å²) in [5.74, 6) is 0.865. The van der Waals surface area contributed by atoms with E-state index >= 15 is 0 Å². The zero-order valence-electron chi connectivity index (χ0n) is 16.6. The minimum Gasteiger partial charge on any atom is -0.478 e. The van der Waals surface area contributed by atoms with E-state index in [9.17, 15) is 4.79 Å². The smallest absolute Gasteiger partial charge is 0.258 e. The van der Waals surface area contributed by atoms with E-state index < -0.39 is 0 Å². The lowest BCUT2D eigenvalue weighted by molar-refractivity contribution is 0.0277. The van der Waals surface area contributed by atoms with Crippen LogP contribution in [-0.2, 0) is 4.74 Å². The van der Waals surface area contributed by atoms with Crippen LogP contribution in [0, 0.1) is 0 Å². The molecule has 8 nitrogen and oxygen atoms in total. The first-order valence-electron chi connectivity index (χ1n) is 9.61. The molecule has 4 rings (SSSR count). The molecule has 1 saturated heterocycles. The van der Waals surface area contributed by atoms with Gasteiger partial charge < -0.3 is 20.1 Å². The first kappa shape index (κ1) is 21.8. The average Bonchev–Trinajstić information content (AvgIpc) is 3.26. The van der Waals surface area contributed by atoms with Gasteiger partial charge in [-0.2, -0.15) is 10.1 Å². The summed E-state index contributed by atoms with van der Waals surface area (Å²) in [6.07, 6.45) is 3.20. The molecule has 1 aliphatic rings. The Balaban J connectivity index is 0.00000256. The predicted octanol–water partition coefficient (Wildman–Crippen LogP) is 3.00. The number of benzene rings is 1. The number of morpholine rings is 1. The Morgan fingerprint density at radius 2 is 2.13 bits per heavy atom. The summed E-state index contributed by atoms with van der Waals surface area (Å²) < 4.78 is 12.7. The highest BCUT2D eigenvalue weighted by atomic mass is 35.5. The van der Waals surface area contributed by atoms with E-state index in [-0.39, 0.29) is 24.4 Å². The van der Waals surface area contributed by atoms with Crippen molar-refractivity contribution in [1.29, 1.82) is 0 Å². The Hall–Kier alpha value is -2.94. The fourth-order valence-corrected chi connectivity index (χ4v) is 3.09. The summed E-state index contributed by atoms with van der Waals surface area (Å²) in [6, 6.07) is 13.1. The van der Waals surface area contributed by atoms with Gasteiger partial charge in [0.1, 0.15) is 0 Å². The Morgan fingerprint density at radius 3 is 2.87 bits per heavy atom. The quantitative estimate of drug-likeness (QED) is 0.626. The molecule has 3 aromatic rings. The van der Waals surface area contributed by atoms with Gasteiger partial charge in [-0.3, -0.25) is 4.79 Å². The van der Waals surface area contributed by atoms with E-state index in [0.717, 1.165) is 18.7 Å². The normalized spacial score (nSPS) is 15.8. The molecule has 0 saturated carbocycles. The maximum Gasteiger partial charge on any atom is 0.258 e. The van der Waals surface area contributed by atoms with Crippen molar-refractivity contribution in [3.63, 3.8) is 0 Å². The van der Waals surface area contributed by atoms with Crippen molar-refractivity contribution in [2.45, 2.75) is 13.0 Å². The van der Waals surface area contributed by atoms with Gasteiger partial charge in [-0.15, -0.1) is 12.4 Å². The second kappa shape index (κ2) is 10.2. The second-order valence-electron chi connectivity index (χ2n) is 6.58. The van der Waals surface area contributed by atoms with Crippen molar-refractivity contribution in [1.82, 2.24) is 20.1 Å². The Morgan fingerprint density at radius 1 is 1.30 bits per heavy atom. The van der Waals surface area contributed by atoms with Gasteiger partial charge in [0.25, 0.3) is 5.91 Å². The number of ether oxygens (including phenoxy) is 2. The maximum atomic E-state index is 12.6. The third kappa shape index (κ3) is 5.15. The number of carbonyl (C=O) groups is 1. The standard InChI is InChI=1S/C21H23N5O3.ClH/c1-2-28-20-5-3-4-19(25-20)26-14-16(12-23-26)21(27)24-17-8-6-15(7-9-17)18-13-22-10-11-29-18;/h3-9,12,14,18,22H,2,10-11,13H2,1H3,(H,24,27);1H/t18-;/m1./s1. The van der Waals surface area contributed by atoms with E-state index in [1.54, 1.807) is 23.0 Å². The van der Waals surface area contributed by atoms with Gasteiger partial charge in [0.05, 0.1) is 31.1 Å². The van der Waals surface area contributed by atoms with Crippen LogP contribution in [0.25, 0.3) is 5.82 Å². The molecule has 2 aromatic heterocycles. The van der Waals surface area contributed by atoms with Gasteiger partial charge >= 0.3 is 0 Å². The summed E-state index contributed by atoms with van der Waals surface area (Å²) in [7, 11) is 0. The SMILES string of the molecule is CCOc1cccc(-n2cc(C(=O)Nc3ccc([C@H]4CNCCO4)cc3)cn2)n1.Cl. The third-order valence-corrected chi connectivity index (χ3v) is 4.55. The minimum atomic E-state index is -0.236. The van der Waals surface area contributed by atoms with Gasteiger partial charge in [0.15, 0.2) is 5.82 Å². The molecule has 30 heavy (non-hydrogen) atoms. The number of pyridine rings is 1. The number of nitrogens with one attached hydrogen (secondary N) is 2. The molecule has 1 fully saturated rings. The number of rotatable bonds is 6. The van der Waals surface area contributed by atoms with E-state index in [2.05, 4.69) is 20.7 Å². The molecular formula is C21H24ClN5O3. The third-order valence-electron chi connectivity index (χ3n) is 4.55. The van der Waals surface area contributed by atoms with Gasteiger partial charge in [-0.25, -0.2) is 4.68 Å². The van der Waals surface area contributed by atoms with E-state index in [1.165, 1.54) is 6.20 Å². The number of hydrogen-bond acceptors (Lipinski definition) is 6. The van der Waals surface area contributed by atoms with Crippen LogP contribution < -0.4 is 15.4 Å². The van der Waals surface area contributed by atoms with Crippen LogP contribution in [0.15, 0.2) is 54.9 Å². The molecular weight excluding hydrogens is 406 g/mol. The van der Waals surface area contributed by atoms with Crippen LogP contribution in [0.1, 0.15) is 28.9 Å². The molecule has 1 aliphatic heterocycles. The molecule has 0 aliphatic carbocycles. The molecule has 3 heterocycles. The van der Waals surface area contributed by atoms with Crippen molar-refractivity contribution < 1.29 is 14.3 Å². The lowest BCUT2D eigenvalue weighted by Gasteiger charge is -2.24. The lowest BCUT2D eigenvalue weighted by atomic mass is 10.1. The van der Waals surface area contributed by atoms with Crippen molar-refractivity contribution >= 4 is 24.0 Å². The van der Waals surface area contributed by atoms with E-state index in [1.807, 2.05) is 37.3 Å². The summed E-state index contributed by atoms with van der Waals surface area (Å²) in [5, 5.41) is 10.4. The minimum absolute atomic E-state index is 0. The summed E-state index contributed by atoms with van der Waals surface area (Å²) in [5.41, 5.74) is 2.24. The number of hydrogen-bond donors (Lipinski definition) is 2. The summed E-state index contributed by atoms with van der Waals surface area (Å²) in [6.45, 7) is 4.81. The number of anilines is 1. The topological polar surface area (TPSA) is 90.3 Å². The summed E-state index contributed by atoms with van der Waals surface area (Å²) >= 11 is 0. The Bertz CT molecular complexity index is 971. The van der Waals surface area contributed by atoms with Crippen LogP contribution in [0.3, 0.4) is 0 Å². The van der Waals surface area contributed by atoms with Crippen LogP contribution in [-0.4, -0.2) is 47.0 Å². The predicted molar refractivity (Wildman–Crippen MR) is 116 cm³/mol. The largest absolute Gasteiger partial charge is 0.478 e. The second-order valence-corrected chi connectivity index (χ2v) is 6.58. The molecule has 0 bridgehead atoms. The highest BCUT2D eigenvalue weighted by molar-refractivity contribution is 6.03. The highest BCUT2D eigenvalue weighted by Crippen LogP contribution is 2.21. The van der Waals surface area contributed by atoms with E-state index in [0.29, 0.717) is 36.2 Å². The van der Waals surface area contributed by atoms with Crippen LogP contribution in [0.5, 0.6) is 5.88 Å². The van der Waals surface area contributed by atoms with Crippen molar-refractivity contribution in [3.05, 3.63) is 66.0 Å². The monoisotopic (exact) mass is 429 g/mol. The Kier molecular flexibility index (Phi) is 7.40. The fourth-order valence-electron chi connectivity index (χ4n) is 3.09. The van der Waals surface area contributed by atoms with Crippen molar-refractivity contribution in [2.75, 3.05) is 31.6 Å². The molecule has 1 atom stereocenters. The zero-order valence-corrected chi connectivity index (χ0v) is 17.4. The molecule has 0 spiro atoms. The van der Waals surface area contributed by atoms with Crippen molar-refractivity contribution in [3.8, 4) is 11.7 Å². The number of amides is 1. The van der Waals surface area contributed by atoms with Crippen LogP contribution >= 0.6 is 12.4 Å². The van der Waals surface area contributed by atoms with Gasteiger partial charge in [-0.1, -0.05) is 18.2 Å². The molecule has 1 aromatic carbocycles. The van der Waals surface area contributed by atoms with Gasteiger partial charge in [-0.05, 0) is 30.7 Å². The number of halogens is 1. The van der Waals surface area contributed by atoms with Crippen LogP contribution in [0.4, 0.5) is 5.69 Å². The van der Waals surface area contributed by atoms with Gasteiger partial charge in [0.2, 0.25) is 5.88 Å². The molecule has 2 N–H and O–H groups in total. The fraction of sp³-hybridized carbons (Fsp3) is 0.286. The van der Waals surface area contributed by atoms with Gasteiger partial charge in [0, 0.05) is 31.0 Å². The van der Waals surface area contributed by atoms with Crippen molar-refractivity contribution in [2.24, 2.45) is 0 Å². The molecule has 0 unspecified atom stereocenters. The highest BCUT2D eigenvalue weighted by Gasteiger charge is 2.16. The molecule has 1 amide bonds. The summed E-state index contributed by atoms with van der Waals surface area (Å²) in [4.78, 5) is 16.9. The lowest BCUT2D eigenvalue weighted by Crippen LogP contribution is -2.33. The molecule has 9 heteroatoms. The number of carbonyl (C=O) groups excluding carboxylic acids is 1. The first-order chi connectivity index (χ1) is 14.2. The molecule has 158 valence electrons. The number of aromatic nitrogens is 3. The maximum absolute atomic E-state index is 12.6. The van der Waals surface area contributed by atoms with Crippen LogP contribution in [0.2, 0.25) is 0 Å². The number of nitrogens with zero attached hydrogens (tertiary/aromatic N) is 3.